The molecule has 0 saturated carbocycles. The predicted molar refractivity (Wildman–Crippen MR) is 188 cm³/mol. The van der Waals surface area contributed by atoms with Gasteiger partial charge in [-0.25, -0.2) is 0 Å². The van der Waals surface area contributed by atoms with E-state index in [4.69, 9.17) is 14.0 Å². The number of hydrogen-bond acceptors (Lipinski definition) is 3. The Kier molecular flexibility index (Phi) is 16.3. The van der Waals surface area contributed by atoms with Gasteiger partial charge in [0.1, 0.15) is 23.3 Å². The van der Waals surface area contributed by atoms with Crippen LogP contribution in [0.1, 0.15) is 120 Å². The van der Waals surface area contributed by atoms with E-state index in [0.717, 1.165) is 105 Å². The Hall–Kier alpha value is -3.55. The van der Waals surface area contributed by atoms with Crippen LogP contribution < -0.4 is 14.0 Å². The third-order valence-corrected chi connectivity index (χ3v) is 9.88. The summed E-state index contributed by atoms with van der Waals surface area (Å²) in [6.45, 7) is 9.94. The number of hydrogen-bond donors (Lipinski definition) is 0. The molecule has 0 amide bonds. The van der Waals surface area contributed by atoms with Crippen LogP contribution in [0.5, 0.6) is 17.2 Å². The summed E-state index contributed by atoms with van der Waals surface area (Å²) < 4.78 is 140. The first kappa shape index (κ1) is 43.9. The number of benzene rings is 3. The van der Waals surface area contributed by atoms with Crippen LogP contribution in [0.25, 0.3) is 0 Å². The van der Waals surface area contributed by atoms with Gasteiger partial charge in [-0.2, -0.15) is 39.5 Å². The van der Waals surface area contributed by atoms with Crippen molar-refractivity contribution in [1.82, 2.24) is 0 Å². The van der Waals surface area contributed by atoms with E-state index in [0.29, 0.717) is 30.5 Å². The van der Waals surface area contributed by atoms with Gasteiger partial charge in [-0.3, -0.25) is 0 Å². The van der Waals surface area contributed by atoms with E-state index in [9.17, 15) is 39.5 Å². The Bertz CT molecular complexity index is 1440. The molecule has 1 unspecified atom stereocenters. The lowest BCUT2D eigenvalue weighted by molar-refractivity contribution is -0.953. The minimum absolute atomic E-state index is 0.0133. The molecule has 3 aromatic carbocycles. The Balaban J connectivity index is 2.03. The average Bonchev–Trinajstić information content (AvgIpc) is 3.10. The van der Waals surface area contributed by atoms with Gasteiger partial charge in [0.25, 0.3) is 0 Å². The molecule has 4 nitrogen and oxygen atoms in total. The second-order valence-corrected chi connectivity index (χ2v) is 13.2. The van der Waals surface area contributed by atoms with Gasteiger partial charge in [-0.15, -0.1) is 0 Å². The Morgan fingerprint density at radius 3 is 1.30 bits per heavy atom. The molecule has 14 heteroatoms. The summed E-state index contributed by atoms with van der Waals surface area (Å²) in [4.78, 5) is 0. The molecular formula is C39H50BF9NO3+. The molecule has 0 N–H and O–H groups in total. The van der Waals surface area contributed by atoms with Crippen molar-refractivity contribution in [1.29, 1.82) is 0 Å². The van der Waals surface area contributed by atoms with E-state index in [1.54, 1.807) is 0 Å². The van der Waals surface area contributed by atoms with Gasteiger partial charge in [0, 0.05) is 6.42 Å². The molecule has 53 heavy (non-hydrogen) atoms. The summed E-state index contributed by atoms with van der Waals surface area (Å²) in [5.41, 5.74) is -2.55. The van der Waals surface area contributed by atoms with Crippen molar-refractivity contribution >= 4 is 7.32 Å². The number of unbranched alkanes of at least 4 members (excludes halogenated alkanes) is 8. The van der Waals surface area contributed by atoms with E-state index >= 15 is 0 Å². The van der Waals surface area contributed by atoms with Gasteiger partial charge >= 0.3 is 25.9 Å². The van der Waals surface area contributed by atoms with Crippen LogP contribution in [0.3, 0.4) is 0 Å². The summed E-state index contributed by atoms with van der Waals surface area (Å²) in [7, 11) is -1.82. The van der Waals surface area contributed by atoms with Crippen LogP contribution in [0.2, 0.25) is 0 Å². The van der Waals surface area contributed by atoms with Crippen molar-refractivity contribution in [2.75, 3.05) is 19.6 Å². The van der Waals surface area contributed by atoms with E-state index in [2.05, 4.69) is 6.92 Å². The molecule has 0 aliphatic heterocycles. The van der Waals surface area contributed by atoms with Gasteiger partial charge in [0.2, 0.25) is 0 Å². The first-order valence-electron chi connectivity index (χ1n) is 18.4. The first-order chi connectivity index (χ1) is 25.0. The molecule has 0 aliphatic carbocycles. The van der Waals surface area contributed by atoms with Crippen LogP contribution in [0.15, 0.2) is 66.7 Å². The Labute approximate surface area is 307 Å². The first-order valence-corrected chi connectivity index (χ1v) is 18.4. The average molecular weight is 763 g/mol. The summed E-state index contributed by atoms with van der Waals surface area (Å²) in [6, 6.07) is 9.78. The monoisotopic (exact) mass is 762 g/mol. The quantitative estimate of drug-likeness (QED) is 0.0468. The molecule has 3 rings (SSSR count). The zero-order valence-electron chi connectivity index (χ0n) is 30.8. The van der Waals surface area contributed by atoms with Crippen molar-refractivity contribution in [3.63, 3.8) is 0 Å². The minimum Gasteiger partial charge on any atom is -0.490 e. The third kappa shape index (κ3) is 13.1. The standard InChI is InChI=1S/C39H50BF9NO3/c1-5-9-10-11-12-13-14-15-16-17-35(50(6-2,7-3)8-4)34-28-31(39(47,48)49)22-27-36(34)53-40(51-32-23-18-29(19-24-32)37(41,42)43)52-33-25-20-30(21-26-33)38(44,45)46/h18-28,35H,5-17H2,1-4H3/q+1. The number of nitrogens with zero attached hydrogens (tertiary/aromatic N) is 1. The van der Waals surface area contributed by atoms with Gasteiger partial charge in [-0.05, 0) is 93.9 Å². The van der Waals surface area contributed by atoms with Crippen molar-refractivity contribution in [2.24, 2.45) is 0 Å². The number of quaternary nitrogens is 1. The summed E-state index contributed by atoms with van der Waals surface area (Å²) >= 11 is 0. The highest BCUT2D eigenvalue weighted by atomic mass is 19.4. The van der Waals surface area contributed by atoms with E-state index in [1.165, 1.54) is 19.3 Å². The lowest BCUT2D eigenvalue weighted by Crippen LogP contribution is -2.50. The molecule has 0 fully saturated rings. The van der Waals surface area contributed by atoms with Crippen LogP contribution in [0.4, 0.5) is 39.5 Å². The van der Waals surface area contributed by atoms with Gasteiger partial charge in [0.15, 0.2) is 0 Å². The fourth-order valence-electron chi connectivity index (χ4n) is 6.64. The fourth-order valence-corrected chi connectivity index (χ4v) is 6.64. The van der Waals surface area contributed by atoms with Crippen LogP contribution in [-0.4, -0.2) is 31.4 Å². The van der Waals surface area contributed by atoms with Crippen molar-refractivity contribution in [3.8, 4) is 17.2 Å². The summed E-state index contributed by atoms with van der Waals surface area (Å²) in [5.74, 6) is -0.300. The van der Waals surface area contributed by atoms with Gasteiger partial charge in [0.05, 0.1) is 41.9 Å². The molecular weight excluding hydrogens is 712 g/mol. The molecule has 0 heterocycles. The SMILES string of the molecule is CCCCCCCCCCCC(c1cc(C(F)(F)F)ccc1OB(Oc1ccc(C(F)(F)F)cc1)Oc1ccc(C(F)(F)F)cc1)[N+](CC)(CC)CC. The fraction of sp³-hybridized carbons (Fsp3) is 0.538. The van der Waals surface area contributed by atoms with Crippen molar-refractivity contribution < 1.29 is 58.0 Å². The maximum Gasteiger partial charge on any atom is 0.864 e. The molecule has 3 aromatic rings. The maximum absolute atomic E-state index is 14.2. The zero-order valence-corrected chi connectivity index (χ0v) is 30.8. The van der Waals surface area contributed by atoms with Crippen molar-refractivity contribution in [3.05, 3.63) is 89.0 Å². The van der Waals surface area contributed by atoms with Crippen LogP contribution in [0, 0.1) is 0 Å². The Morgan fingerprint density at radius 1 is 0.509 bits per heavy atom. The highest BCUT2D eigenvalue weighted by Gasteiger charge is 2.41. The number of halogens is 9. The van der Waals surface area contributed by atoms with Crippen LogP contribution in [-0.2, 0) is 18.5 Å². The van der Waals surface area contributed by atoms with Gasteiger partial charge < -0.3 is 18.4 Å². The molecule has 0 spiro atoms. The molecule has 0 aliphatic rings. The minimum atomic E-state index is -4.68. The van der Waals surface area contributed by atoms with E-state index in [1.807, 2.05) is 20.8 Å². The van der Waals surface area contributed by atoms with E-state index < -0.39 is 48.6 Å². The number of alkyl halides is 9. The Morgan fingerprint density at radius 2 is 0.906 bits per heavy atom. The second kappa shape index (κ2) is 19.7. The topological polar surface area (TPSA) is 27.7 Å². The highest BCUT2D eigenvalue weighted by Crippen LogP contribution is 2.42. The second-order valence-electron chi connectivity index (χ2n) is 13.2. The van der Waals surface area contributed by atoms with Gasteiger partial charge in [-0.1, -0.05) is 58.3 Å². The third-order valence-electron chi connectivity index (χ3n) is 9.88. The maximum atomic E-state index is 14.2. The van der Waals surface area contributed by atoms with Crippen molar-refractivity contribution in [2.45, 2.75) is 116 Å². The zero-order chi connectivity index (χ0) is 39.3. The number of rotatable bonds is 21. The predicted octanol–water partition coefficient (Wildman–Crippen LogP) is 13.1. The molecule has 0 bridgehead atoms. The molecule has 294 valence electrons. The molecule has 0 saturated heterocycles. The van der Waals surface area contributed by atoms with E-state index in [-0.39, 0.29) is 22.8 Å². The van der Waals surface area contributed by atoms with Crippen LogP contribution >= 0.6 is 0 Å². The summed E-state index contributed by atoms with van der Waals surface area (Å²) in [5, 5.41) is 0. The lowest BCUT2D eigenvalue weighted by Gasteiger charge is -2.44. The smallest absolute Gasteiger partial charge is 0.490 e. The normalized spacial score (nSPS) is 13.2. The molecule has 0 radical (unpaired) electrons. The molecule has 0 aromatic heterocycles. The summed E-state index contributed by atoms with van der Waals surface area (Å²) in [6.07, 6.45) is -3.79. The molecule has 1 atom stereocenters. The largest absolute Gasteiger partial charge is 0.864 e. The highest BCUT2D eigenvalue weighted by molar-refractivity contribution is 6.39. The lowest BCUT2D eigenvalue weighted by atomic mass is 9.92.